The fourth-order valence-electron chi connectivity index (χ4n) is 1.92. The first-order valence-corrected chi connectivity index (χ1v) is 8.02. The summed E-state index contributed by atoms with van der Waals surface area (Å²) in [6, 6.07) is 6.89. The zero-order valence-corrected chi connectivity index (χ0v) is 15.3. The summed E-state index contributed by atoms with van der Waals surface area (Å²) in [5.74, 6) is 1.76. The van der Waals surface area contributed by atoms with Gasteiger partial charge < -0.3 is 25.3 Å². The van der Waals surface area contributed by atoms with Crippen LogP contribution in [0.4, 0.5) is 5.69 Å². The van der Waals surface area contributed by atoms with Gasteiger partial charge >= 0.3 is 0 Å². The summed E-state index contributed by atoms with van der Waals surface area (Å²) in [5.41, 5.74) is 6.57. The zero-order chi connectivity index (χ0) is 18.2. The Labute approximate surface area is 155 Å². The van der Waals surface area contributed by atoms with E-state index >= 15 is 0 Å². The highest BCUT2D eigenvalue weighted by Gasteiger charge is 2.06. The molecule has 0 unspecified atom stereocenters. The van der Waals surface area contributed by atoms with Gasteiger partial charge in [-0.2, -0.15) is 0 Å². The smallest absolute Gasteiger partial charge is 0.232 e. The molecule has 0 aliphatic rings. The summed E-state index contributed by atoms with van der Waals surface area (Å²) in [4.78, 5) is 8.16. The van der Waals surface area contributed by atoms with Gasteiger partial charge in [-0.1, -0.05) is 23.2 Å². The van der Waals surface area contributed by atoms with Crippen molar-refractivity contribution in [1.29, 1.82) is 0 Å². The Kier molecular flexibility index (Phi) is 6.97. The van der Waals surface area contributed by atoms with E-state index in [1.165, 1.54) is 6.20 Å². The molecule has 1 aromatic carbocycles. The Morgan fingerprint density at radius 2 is 1.96 bits per heavy atom. The molecule has 0 aliphatic carbocycles. The number of aliphatic imine (C=N–C) groups is 1. The van der Waals surface area contributed by atoms with E-state index in [1.54, 1.807) is 38.5 Å². The number of halogens is 2. The number of benzene rings is 1. The van der Waals surface area contributed by atoms with E-state index in [2.05, 4.69) is 15.3 Å². The number of anilines is 1. The molecule has 0 aliphatic heterocycles. The monoisotopic (exact) mass is 384 g/mol. The van der Waals surface area contributed by atoms with Crippen molar-refractivity contribution in [3.8, 4) is 17.4 Å². The predicted octanol–water partition coefficient (Wildman–Crippen LogP) is 3.21. The number of pyridine rings is 1. The third kappa shape index (κ3) is 5.58. The summed E-state index contributed by atoms with van der Waals surface area (Å²) in [6.07, 6.45) is 1.46. The summed E-state index contributed by atoms with van der Waals surface area (Å²) in [7, 11) is 3.13. The highest BCUT2D eigenvalue weighted by molar-refractivity contribution is 6.35. The highest BCUT2D eigenvalue weighted by Crippen LogP contribution is 2.29. The lowest BCUT2D eigenvalue weighted by molar-refractivity contribution is 0.316. The maximum atomic E-state index is 5.96. The fraction of sp³-hybridized carbons (Fsp3) is 0.250. The van der Waals surface area contributed by atoms with Crippen LogP contribution in [0.1, 0.15) is 0 Å². The van der Waals surface area contributed by atoms with Gasteiger partial charge in [0.25, 0.3) is 0 Å². The van der Waals surface area contributed by atoms with Crippen LogP contribution in [-0.2, 0) is 0 Å². The van der Waals surface area contributed by atoms with Crippen LogP contribution in [0.5, 0.6) is 17.4 Å². The number of guanidine groups is 1. The van der Waals surface area contributed by atoms with Crippen molar-refractivity contribution in [3.63, 3.8) is 0 Å². The minimum Gasteiger partial charge on any atom is -0.493 e. The highest BCUT2D eigenvalue weighted by atomic mass is 35.5. The van der Waals surface area contributed by atoms with Gasteiger partial charge in [-0.3, -0.25) is 0 Å². The van der Waals surface area contributed by atoms with Gasteiger partial charge in [0.05, 0.1) is 25.8 Å². The predicted molar refractivity (Wildman–Crippen MR) is 99.4 cm³/mol. The number of hydrogen-bond donors (Lipinski definition) is 2. The largest absolute Gasteiger partial charge is 0.493 e. The SMILES string of the molecule is COc1ccc(NC(N)=NCCOc2ncc(Cl)cc2Cl)cc1OC. The number of nitrogens with two attached hydrogens (primary N) is 1. The lowest BCUT2D eigenvalue weighted by Gasteiger charge is -2.11. The lowest BCUT2D eigenvalue weighted by Crippen LogP contribution is -2.23. The molecule has 0 saturated heterocycles. The molecular formula is C16H18Cl2N4O3. The van der Waals surface area contributed by atoms with Crippen LogP contribution in [0.15, 0.2) is 35.5 Å². The molecule has 0 atom stereocenters. The molecule has 2 aromatic rings. The van der Waals surface area contributed by atoms with Gasteiger partial charge in [0.2, 0.25) is 5.88 Å². The molecule has 0 bridgehead atoms. The van der Waals surface area contributed by atoms with Gasteiger partial charge in [0.15, 0.2) is 17.5 Å². The van der Waals surface area contributed by atoms with Crippen molar-refractivity contribution in [2.24, 2.45) is 10.7 Å². The summed E-state index contributed by atoms with van der Waals surface area (Å²) in [6.45, 7) is 0.593. The second-order valence-electron chi connectivity index (χ2n) is 4.75. The molecule has 7 nitrogen and oxygen atoms in total. The normalized spacial score (nSPS) is 11.1. The van der Waals surface area contributed by atoms with Crippen molar-refractivity contribution in [2.75, 3.05) is 32.7 Å². The van der Waals surface area contributed by atoms with E-state index in [0.717, 1.165) is 5.69 Å². The minimum atomic E-state index is 0.242. The van der Waals surface area contributed by atoms with Crippen LogP contribution < -0.4 is 25.3 Å². The molecule has 1 aromatic heterocycles. The molecule has 134 valence electrons. The van der Waals surface area contributed by atoms with Crippen LogP contribution in [0.25, 0.3) is 0 Å². The number of aromatic nitrogens is 1. The number of methoxy groups -OCH3 is 2. The number of ether oxygens (including phenoxy) is 3. The van der Waals surface area contributed by atoms with Gasteiger partial charge in [0, 0.05) is 18.0 Å². The number of nitrogens with zero attached hydrogens (tertiary/aromatic N) is 2. The standard InChI is InChI=1S/C16H18Cl2N4O3/c1-23-13-4-3-11(8-14(13)24-2)22-16(19)20-5-6-25-15-12(18)7-10(17)9-21-15/h3-4,7-9H,5-6H2,1-2H3,(H3,19,20,22). The molecule has 0 amide bonds. The van der Waals surface area contributed by atoms with Gasteiger partial charge in [0.1, 0.15) is 11.6 Å². The van der Waals surface area contributed by atoms with Crippen LogP contribution in [0.2, 0.25) is 10.0 Å². The number of rotatable bonds is 7. The molecule has 25 heavy (non-hydrogen) atoms. The molecule has 1 heterocycles. The van der Waals surface area contributed by atoms with Crippen molar-refractivity contribution < 1.29 is 14.2 Å². The van der Waals surface area contributed by atoms with Gasteiger partial charge in [-0.15, -0.1) is 0 Å². The van der Waals surface area contributed by atoms with Gasteiger partial charge in [-0.05, 0) is 18.2 Å². The van der Waals surface area contributed by atoms with Crippen LogP contribution in [0, 0.1) is 0 Å². The summed E-state index contributed by atoms with van der Waals surface area (Å²) >= 11 is 11.7. The Bertz CT molecular complexity index is 756. The Hall–Kier alpha value is -2.38. The fourth-order valence-corrected chi connectivity index (χ4v) is 2.35. The molecule has 0 saturated carbocycles. The minimum absolute atomic E-state index is 0.242. The maximum Gasteiger partial charge on any atom is 0.232 e. The quantitative estimate of drug-likeness (QED) is 0.432. The average molecular weight is 385 g/mol. The van der Waals surface area contributed by atoms with Crippen molar-refractivity contribution >= 4 is 34.8 Å². The Balaban J connectivity index is 1.87. The molecule has 0 radical (unpaired) electrons. The topological polar surface area (TPSA) is 91.0 Å². The Morgan fingerprint density at radius 3 is 2.64 bits per heavy atom. The second kappa shape index (κ2) is 9.19. The lowest BCUT2D eigenvalue weighted by atomic mass is 10.3. The molecule has 3 N–H and O–H groups in total. The van der Waals surface area contributed by atoms with Crippen LogP contribution >= 0.6 is 23.2 Å². The molecule has 0 spiro atoms. The third-order valence-corrected chi connectivity index (χ3v) is 3.52. The van der Waals surface area contributed by atoms with Crippen molar-refractivity contribution in [3.05, 3.63) is 40.5 Å². The zero-order valence-electron chi connectivity index (χ0n) is 13.8. The van der Waals surface area contributed by atoms with E-state index < -0.39 is 0 Å². The Morgan fingerprint density at radius 1 is 1.20 bits per heavy atom. The first-order chi connectivity index (χ1) is 12.0. The number of nitrogens with one attached hydrogen (secondary N) is 1. The van der Waals surface area contributed by atoms with E-state index in [9.17, 15) is 0 Å². The van der Waals surface area contributed by atoms with E-state index in [1.807, 2.05) is 0 Å². The van der Waals surface area contributed by atoms with Crippen molar-refractivity contribution in [1.82, 2.24) is 4.98 Å². The summed E-state index contributed by atoms with van der Waals surface area (Å²) in [5, 5.41) is 3.75. The number of hydrogen-bond acceptors (Lipinski definition) is 5. The third-order valence-electron chi connectivity index (χ3n) is 3.04. The first kappa shape index (κ1) is 19.0. The molecule has 9 heteroatoms. The molecule has 0 fully saturated rings. The van der Waals surface area contributed by atoms with Crippen LogP contribution in [0.3, 0.4) is 0 Å². The van der Waals surface area contributed by atoms with Gasteiger partial charge in [-0.25, -0.2) is 9.98 Å². The maximum absolute atomic E-state index is 5.96. The first-order valence-electron chi connectivity index (χ1n) is 7.26. The molecular weight excluding hydrogens is 367 g/mol. The van der Waals surface area contributed by atoms with Crippen molar-refractivity contribution in [2.45, 2.75) is 0 Å². The van der Waals surface area contributed by atoms with E-state index in [0.29, 0.717) is 34.0 Å². The van der Waals surface area contributed by atoms with E-state index in [4.69, 9.17) is 43.1 Å². The van der Waals surface area contributed by atoms with Crippen LogP contribution in [-0.4, -0.2) is 38.3 Å². The second-order valence-corrected chi connectivity index (χ2v) is 5.59. The average Bonchev–Trinajstić information content (AvgIpc) is 2.60. The summed E-state index contributed by atoms with van der Waals surface area (Å²) < 4.78 is 15.8. The molecule has 2 rings (SSSR count). The van der Waals surface area contributed by atoms with E-state index in [-0.39, 0.29) is 12.6 Å².